The SMILES string of the molecule is CCCOc1ccc(OCCOC(=O)c2ccccc2NC(=O)Cn2cnnn2)cc1. The maximum atomic E-state index is 12.4. The van der Waals surface area contributed by atoms with Gasteiger partial charge in [0.1, 0.15) is 37.6 Å². The Morgan fingerprint density at radius 2 is 1.68 bits per heavy atom. The number of hydrogen-bond donors (Lipinski definition) is 1. The monoisotopic (exact) mass is 425 g/mol. The number of esters is 1. The Morgan fingerprint density at radius 3 is 2.35 bits per heavy atom. The Balaban J connectivity index is 1.46. The van der Waals surface area contributed by atoms with Crippen LogP contribution in [0.1, 0.15) is 23.7 Å². The predicted octanol–water partition coefficient (Wildman–Crippen LogP) is 2.34. The van der Waals surface area contributed by atoms with E-state index in [1.165, 1.54) is 11.0 Å². The van der Waals surface area contributed by atoms with E-state index in [9.17, 15) is 9.59 Å². The number of ether oxygens (including phenoxy) is 3. The number of nitrogens with zero attached hydrogens (tertiary/aromatic N) is 4. The van der Waals surface area contributed by atoms with E-state index in [1.54, 1.807) is 36.4 Å². The number of carbonyl (C=O) groups excluding carboxylic acids is 2. The van der Waals surface area contributed by atoms with Crippen molar-refractivity contribution >= 4 is 17.6 Å². The van der Waals surface area contributed by atoms with E-state index in [2.05, 4.69) is 20.8 Å². The number of amides is 1. The summed E-state index contributed by atoms with van der Waals surface area (Å²) in [7, 11) is 0. The summed E-state index contributed by atoms with van der Waals surface area (Å²) in [5, 5.41) is 13.2. The Hall–Kier alpha value is -3.95. The second-order valence-electron chi connectivity index (χ2n) is 6.41. The molecule has 0 atom stereocenters. The molecule has 31 heavy (non-hydrogen) atoms. The van der Waals surface area contributed by atoms with E-state index in [4.69, 9.17) is 14.2 Å². The van der Waals surface area contributed by atoms with Crippen LogP contribution in [0, 0.1) is 0 Å². The van der Waals surface area contributed by atoms with Crippen molar-refractivity contribution in [2.24, 2.45) is 0 Å². The minimum atomic E-state index is -0.565. The number of para-hydroxylation sites is 1. The second kappa shape index (κ2) is 11.3. The number of hydrogen-bond acceptors (Lipinski definition) is 8. The molecule has 10 nitrogen and oxygen atoms in total. The average Bonchev–Trinajstić information content (AvgIpc) is 3.29. The molecule has 0 fully saturated rings. The minimum Gasteiger partial charge on any atom is -0.494 e. The van der Waals surface area contributed by atoms with Gasteiger partial charge in [0.25, 0.3) is 0 Å². The molecule has 0 saturated heterocycles. The molecule has 1 N–H and O–H groups in total. The van der Waals surface area contributed by atoms with Crippen molar-refractivity contribution in [3.05, 3.63) is 60.4 Å². The second-order valence-corrected chi connectivity index (χ2v) is 6.41. The lowest BCUT2D eigenvalue weighted by molar-refractivity contribution is -0.116. The predicted molar refractivity (Wildman–Crippen MR) is 111 cm³/mol. The van der Waals surface area contributed by atoms with Crippen molar-refractivity contribution < 1.29 is 23.8 Å². The molecule has 0 radical (unpaired) electrons. The van der Waals surface area contributed by atoms with Gasteiger partial charge in [-0.1, -0.05) is 19.1 Å². The summed E-state index contributed by atoms with van der Waals surface area (Å²) in [6.45, 7) is 2.87. The molecule has 0 aliphatic heterocycles. The van der Waals surface area contributed by atoms with Crippen molar-refractivity contribution in [3.63, 3.8) is 0 Å². The normalized spacial score (nSPS) is 10.4. The standard InChI is InChI=1S/C21H23N5O5/c1-2-11-29-16-7-9-17(10-8-16)30-12-13-31-21(28)18-5-3-4-6-19(18)23-20(27)14-26-15-22-24-25-26/h3-10,15H,2,11-14H2,1H3,(H,23,27). The highest BCUT2D eigenvalue weighted by atomic mass is 16.6. The lowest BCUT2D eigenvalue weighted by Crippen LogP contribution is -2.21. The smallest absolute Gasteiger partial charge is 0.340 e. The zero-order valence-electron chi connectivity index (χ0n) is 17.1. The zero-order valence-corrected chi connectivity index (χ0v) is 17.1. The Kier molecular flexibility index (Phi) is 7.92. The van der Waals surface area contributed by atoms with Gasteiger partial charge in [-0.3, -0.25) is 4.79 Å². The Labute approximate surface area is 179 Å². The van der Waals surface area contributed by atoms with E-state index < -0.39 is 5.97 Å². The molecule has 1 heterocycles. The van der Waals surface area contributed by atoms with Gasteiger partial charge in [0.15, 0.2) is 0 Å². The number of rotatable bonds is 11. The third-order valence-electron chi connectivity index (χ3n) is 4.00. The molecule has 2 aromatic carbocycles. The highest BCUT2D eigenvalue weighted by molar-refractivity contribution is 6.01. The summed E-state index contributed by atoms with van der Waals surface area (Å²) in [5.41, 5.74) is 0.583. The van der Waals surface area contributed by atoms with Crippen LogP contribution in [0.3, 0.4) is 0 Å². The summed E-state index contributed by atoms with van der Waals surface area (Å²) in [6, 6.07) is 13.8. The molecule has 1 aromatic heterocycles. The summed E-state index contributed by atoms with van der Waals surface area (Å²) in [4.78, 5) is 24.6. The molecule has 10 heteroatoms. The fourth-order valence-electron chi connectivity index (χ4n) is 2.58. The Bertz CT molecular complexity index is 976. The van der Waals surface area contributed by atoms with E-state index in [-0.39, 0.29) is 31.2 Å². The number of carbonyl (C=O) groups is 2. The van der Waals surface area contributed by atoms with Crippen molar-refractivity contribution in [1.82, 2.24) is 20.2 Å². The molecule has 0 saturated carbocycles. The van der Waals surface area contributed by atoms with Gasteiger partial charge in [-0.2, -0.15) is 0 Å². The molecular weight excluding hydrogens is 402 g/mol. The summed E-state index contributed by atoms with van der Waals surface area (Å²) in [5.74, 6) is 0.488. The first-order valence-corrected chi connectivity index (χ1v) is 9.78. The van der Waals surface area contributed by atoms with E-state index >= 15 is 0 Å². The summed E-state index contributed by atoms with van der Waals surface area (Å²) < 4.78 is 17.7. The van der Waals surface area contributed by atoms with Crippen molar-refractivity contribution in [3.8, 4) is 11.5 Å². The number of tetrazole rings is 1. The highest BCUT2D eigenvalue weighted by Gasteiger charge is 2.15. The van der Waals surface area contributed by atoms with Crippen LogP contribution < -0.4 is 14.8 Å². The molecule has 0 spiro atoms. The van der Waals surface area contributed by atoms with Gasteiger partial charge in [0.05, 0.1) is 17.9 Å². The number of benzene rings is 2. The summed E-state index contributed by atoms with van der Waals surface area (Å²) >= 11 is 0. The van der Waals surface area contributed by atoms with Crippen LogP contribution in [0.2, 0.25) is 0 Å². The van der Waals surface area contributed by atoms with Crippen LogP contribution in [0.15, 0.2) is 54.9 Å². The largest absolute Gasteiger partial charge is 0.494 e. The first-order valence-electron chi connectivity index (χ1n) is 9.78. The van der Waals surface area contributed by atoms with Crippen LogP contribution >= 0.6 is 0 Å². The lowest BCUT2D eigenvalue weighted by atomic mass is 10.2. The molecular formula is C21H23N5O5. The van der Waals surface area contributed by atoms with Crippen LogP contribution in [0.4, 0.5) is 5.69 Å². The Morgan fingerprint density at radius 1 is 0.968 bits per heavy atom. The van der Waals surface area contributed by atoms with E-state index in [1.807, 2.05) is 19.1 Å². The van der Waals surface area contributed by atoms with E-state index in [0.29, 0.717) is 18.0 Å². The van der Waals surface area contributed by atoms with Crippen LogP contribution in [0.25, 0.3) is 0 Å². The fraction of sp³-hybridized carbons (Fsp3) is 0.286. The van der Waals surface area contributed by atoms with Gasteiger partial charge >= 0.3 is 5.97 Å². The molecule has 0 aliphatic rings. The number of anilines is 1. The van der Waals surface area contributed by atoms with Crippen LogP contribution in [-0.2, 0) is 16.1 Å². The topological polar surface area (TPSA) is 117 Å². The van der Waals surface area contributed by atoms with Crippen LogP contribution in [-0.4, -0.2) is 51.9 Å². The molecule has 0 bridgehead atoms. The molecule has 162 valence electrons. The van der Waals surface area contributed by atoms with E-state index in [0.717, 1.165) is 12.2 Å². The van der Waals surface area contributed by atoms with Crippen molar-refractivity contribution in [2.75, 3.05) is 25.1 Å². The molecule has 0 aliphatic carbocycles. The minimum absolute atomic E-state index is 0.0554. The van der Waals surface area contributed by atoms with Gasteiger partial charge in [0.2, 0.25) is 5.91 Å². The maximum absolute atomic E-state index is 12.4. The van der Waals surface area contributed by atoms with Gasteiger partial charge in [0, 0.05) is 0 Å². The molecule has 1 amide bonds. The van der Waals surface area contributed by atoms with Gasteiger partial charge in [-0.05, 0) is 53.2 Å². The van der Waals surface area contributed by atoms with Gasteiger partial charge in [-0.25, -0.2) is 9.48 Å². The zero-order chi connectivity index (χ0) is 21.9. The van der Waals surface area contributed by atoms with Crippen LogP contribution in [0.5, 0.6) is 11.5 Å². The number of nitrogens with one attached hydrogen (secondary N) is 1. The van der Waals surface area contributed by atoms with Gasteiger partial charge < -0.3 is 19.5 Å². The molecule has 0 unspecified atom stereocenters. The fourth-order valence-corrected chi connectivity index (χ4v) is 2.58. The summed E-state index contributed by atoms with van der Waals surface area (Å²) in [6.07, 6.45) is 2.27. The molecule has 3 rings (SSSR count). The van der Waals surface area contributed by atoms with Crippen molar-refractivity contribution in [1.29, 1.82) is 0 Å². The third kappa shape index (κ3) is 6.81. The maximum Gasteiger partial charge on any atom is 0.340 e. The quantitative estimate of drug-likeness (QED) is 0.367. The highest BCUT2D eigenvalue weighted by Crippen LogP contribution is 2.18. The first kappa shape index (κ1) is 21.8. The average molecular weight is 425 g/mol. The lowest BCUT2D eigenvalue weighted by Gasteiger charge is -2.11. The van der Waals surface area contributed by atoms with Gasteiger partial charge in [-0.15, -0.1) is 5.10 Å². The number of aromatic nitrogens is 4. The molecule has 3 aromatic rings. The third-order valence-corrected chi connectivity index (χ3v) is 4.00. The first-order chi connectivity index (χ1) is 15.2. The van der Waals surface area contributed by atoms with Crippen molar-refractivity contribution in [2.45, 2.75) is 19.9 Å².